The Kier molecular flexibility index (Phi) is 6.40. The van der Waals surface area contributed by atoms with E-state index in [2.05, 4.69) is 0 Å². The molecule has 31 heavy (non-hydrogen) atoms. The number of hydrogen-bond donors (Lipinski definition) is 0. The van der Waals surface area contributed by atoms with Gasteiger partial charge in [0.05, 0.1) is 12.7 Å². The molecule has 6 heteroatoms. The Morgan fingerprint density at radius 2 is 1.16 bits per heavy atom. The lowest BCUT2D eigenvalue weighted by Crippen LogP contribution is -2.35. The lowest BCUT2D eigenvalue weighted by molar-refractivity contribution is -0.124. The van der Waals surface area contributed by atoms with Crippen molar-refractivity contribution < 1.29 is 23.9 Å². The Morgan fingerprint density at radius 1 is 0.677 bits per heavy atom. The second-order valence-electron chi connectivity index (χ2n) is 6.84. The third-order valence-electron chi connectivity index (χ3n) is 4.73. The van der Waals surface area contributed by atoms with Gasteiger partial charge in [0.25, 0.3) is 0 Å². The number of carbonyl (C=O) groups is 4. The molecule has 6 nitrogen and oxygen atoms in total. The van der Waals surface area contributed by atoms with Crippen LogP contribution in [0.5, 0.6) is 5.75 Å². The van der Waals surface area contributed by atoms with E-state index in [-0.39, 0.29) is 28.3 Å². The second kappa shape index (κ2) is 9.17. The van der Waals surface area contributed by atoms with Gasteiger partial charge in [0.2, 0.25) is 11.8 Å². The lowest BCUT2D eigenvalue weighted by Gasteiger charge is -2.23. The van der Waals surface area contributed by atoms with Crippen LogP contribution in [0.2, 0.25) is 0 Å². The molecule has 0 saturated carbocycles. The van der Waals surface area contributed by atoms with E-state index < -0.39 is 17.6 Å². The molecular formula is C25H21NO5. The number of hydrogen-bond acceptors (Lipinski definition) is 5. The van der Waals surface area contributed by atoms with Crippen molar-refractivity contribution in [2.45, 2.75) is 13.8 Å². The summed E-state index contributed by atoms with van der Waals surface area (Å²) in [6.07, 6.45) is 0. The van der Waals surface area contributed by atoms with Crippen LogP contribution < -0.4 is 9.64 Å². The van der Waals surface area contributed by atoms with Gasteiger partial charge in [-0.15, -0.1) is 0 Å². The van der Waals surface area contributed by atoms with Crippen LogP contribution in [0.1, 0.15) is 45.7 Å². The van der Waals surface area contributed by atoms with E-state index in [1.54, 1.807) is 60.7 Å². The zero-order valence-corrected chi connectivity index (χ0v) is 17.4. The fourth-order valence-electron chi connectivity index (χ4n) is 3.34. The first-order valence-corrected chi connectivity index (χ1v) is 9.58. The quantitative estimate of drug-likeness (QED) is 0.567. The molecule has 0 aromatic heterocycles. The Balaban J connectivity index is 2.29. The van der Waals surface area contributed by atoms with Crippen molar-refractivity contribution in [3.05, 3.63) is 95.1 Å². The second-order valence-corrected chi connectivity index (χ2v) is 6.84. The van der Waals surface area contributed by atoms with Crippen molar-refractivity contribution in [3.63, 3.8) is 0 Å². The minimum atomic E-state index is -0.574. The van der Waals surface area contributed by atoms with Gasteiger partial charge in [-0.25, -0.2) is 4.90 Å². The number of ketones is 2. The van der Waals surface area contributed by atoms with Gasteiger partial charge in [-0.2, -0.15) is 0 Å². The van der Waals surface area contributed by atoms with Crippen LogP contribution in [0.25, 0.3) is 0 Å². The molecule has 0 bridgehead atoms. The molecule has 0 spiro atoms. The summed E-state index contributed by atoms with van der Waals surface area (Å²) < 4.78 is 5.43. The fraction of sp³-hybridized carbons (Fsp3) is 0.120. The molecule has 0 saturated heterocycles. The molecule has 3 rings (SSSR count). The van der Waals surface area contributed by atoms with Crippen LogP contribution in [0.3, 0.4) is 0 Å². The third-order valence-corrected chi connectivity index (χ3v) is 4.73. The van der Waals surface area contributed by atoms with Crippen molar-refractivity contribution in [2.24, 2.45) is 0 Å². The average molecular weight is 415 g/mol. The van der Waals surface area contributed by atoms with Crippen molar-refractivity contribution in [2.75, 3.05) is 12.0 Å². The smallest absolute Gasteiger partial charge is 0.230 e. The summed E-state index contributed by atoms with van der Waals surface area (Å²) in [6, 6.07) is 19.9. The molecule has 156 valence electrons. The molecule has 0 aliphatic rings. The Morgan fingerprint density at radius 3 is 1.61 bits per heavy atom. The maximum absolute atomic E-state index is 13.4. The molecule has 0 radical (unpaired) electrons. The number of benzene rings is 3. The number of rotatable bonds is 6. The number of methoxy groups -OCH3 is 1. The average Bonchev–Trinajstić information content (AvgIpc) is 2.78. The fourth-order valence-corrected chi connectivity index (χ4v) is 3.34. The first-order valence-electron chi connectivity index (χ1n) is 9.58. The highest BCUT2D eigenvalue weighted by molar-refractivity contribution is 6.22. The summed E-state index contributed by atoms with van der Waals surface area (Å²) in [6.45, 7) is 2.45. The van der Waals surface area contributed by atoms with Crippen molar-refractivity contribution in [1.82, 2.24) is 0 Å². The maximum Gasteiger partial charge on any atom is 0.230 e. The molecule has 0 atom stereocenters. The highest BCUT2D eigenvalue weighted by atomic mass is 16.5. The van der Waals surface area contributed by atoms with Crippen LogP contribution in [-0.2, 0) is 9.59 Å². The van der Waals surface area contributed by atoms with Gasteiger partial charge in [-0.05, 0) is 12.1 Å². The van der Waals surface area contributed by atoms with E-state index >= 15 is 0 Å². The molecule has 2 amide bonds. The molecule has 0 fully saturated rings. The van der Waals surface area contributed by atoms with Crippen molar-refractivity contribution in [1.29, 1.82) is 0 Å². The predicted molar refractivity (Wildman–Crippen MR) is 117 cm³/mol. The molecular weight excluding hydrogens is 394 g/mol. The molecule has 0 unspecified atom stereocenters. The summed E-state index contributed by atoms with van der Waals surface area (Å²) in [5.74, 6) is -1.83. The first-order chi connectivity index (χ1) is 14.8. The molecule has 0 N–H and O–H groups in total. The summed E-state index contributed by atoms with van der Waals surface area (Å²) in [5, 5.41) is 0. The largest absolute Gasteiger partial charge is 0.495 e. The molecule has 3 aromatic rings. The molecule has 3 aromatic carbocycles. The molecule has 0 aliphatic carbocycles. The number of nitrogens with zero attached hydrogens (tertiary/aromatic N) is 1. The standard InChI is InChI=1S/C25H21NO5/c1-16(27)26(17(2)28)23-21(25(30)19-12-8-5-9-13-19)14-20(15-22(23)31-3)24(29)18-10-6-4-7-11-18/h4-15H,1-3H3. The van der Waals surface area contributed by atoms with Crippen molar-refractivity contribution >= 4 is 29.1 Å². The lowest BCUT2D eigenvalue weighted by atomic mass is 9.94. The minimum Gasteiger partial charge on any atom is -0.495 e. The van der Waals surface area contributed by atoms with Gasteiger partial charge in [0, 0.05) is 30.5 Å². The normalized spacial score (nSPS) is 10.3. The Hall–Kier alpha value is -4.06. The highest BCUT2D eigenvalue weighted by Gasteiger charge is 2.29. The van der Waals surface area contributed by atoms with E-state index in [0.717, 1.165) is 4.90 Å². The SMILES string of the molecule is COc1cc(C(=O)c2ccccc2)cc(C(=O)c2ccccc2)c1N(C(C)=O)C(C)=O. The van der Waals surface area contributed by atoms with Gasteiger partial charge in [0.1, 0.15) is 11.4 Å². The Labute approximate surface area is 180 Å². The van der Waals surface area contributed by atoms with Gasteiger partial charge < -0.3 is 4.74 Å². The van der Waals surface area contributed by atoms with Crippen LogP contribution in [0.15, 0.2) is 72.8 Å². The molecule has 0 heterocycles. The monoisotopic (exact) mass is 415 g/mol. The van der Waals surface area contributed by atoms with Crippen LogP contribution in [0.4, 0.5) is 5.69 Å². The third kappa shape index (κ3) is 4.43. The van der Waals surface area contributed by atoms with Crippen molar-refractivity contribution in [3.8, 4) is 5.75 Å². The molecule has 0 aliphatic heterocycles. The van der Waals surface area contributed by atoms with Gasteiger partial charge >= 0.3 is 0 Å². The van der Waals surface area contributed by atoms with Crippen LogP contribution in [-0.4, -0.2) is 30.5 Å². The van der Waals surface area contributed by atoms with Gasteiger partial charge in [-0.3, -0.25) is 19.2 Å². The predicted octanol–water partition coefficient (Wildman–Crippen LogP) is 4.06. The number of amides is 2. The van der Waals surface area contributed by atoms with E-state index in [9.17, 15) is 19.2 Å². The van der Waals surface area contributed by atoms with E-state index in [1.807, 2.05) is 0 Å². The summed E-state index contributed by atoms with van der Waals surface area (Å²) >= 11 is 0. The van der Waals surface area contributed by atoms with Crippen LogP contribution in [0, 0.1) is 0 Å². The zero-order valence-electron chi connectivity index (χ0n) is 17.4. The highest BCUT2D eigenvalue weighted by Crippen LogP contribution is 2.36. The number of ether oxygens (including phenoxy) is 1. The summed E-state index contributed by atoms with van der Waals surface area (Å²) in [4.78, 5) is 51.9. The maximum atomic E-state index is 13.4. The number of imide groups is 1. The summed E-state index contributed by atoms with van der Waals surface area (Å²) in [5.41, 5.74) is 1.03. The number of carbonyl (C=O) groups excluding carboxylic acids is 4. The minimum absolute atomic E-state index is 0.0148. The Bertz CT molecular complexity index is 1140. The topological polar surface area (TPSA) is 80.8 Å². The van der Waals surface area contributed by atoms with Crippen LogP contribution >= 0.6 is 0 Å². The van der Waals surface area contributed by atoms with Gasteiger partial charge in [-0.1, -0.05) is 60.7 Å². The zero-order chi connectivity index (χ0) is 22.5. The summed E-state index contributed by atoms with van der Waals surface area (Å²) in [7, 11) is 1.35. The number of anilines is 1. The van der Waals surface area contributed by atoms with E-state index in [0.29, 0.717) is 11.1 Å². The first kappa shape index (κ1) is 21.6. The van der Waals surface area contributed by atoms with Gasteiger partial charge in [0.15, 0.2) is 11.6 Å². The van der Waals surface area contributed by atoms with E-state index in [1.165, 1.54) is 33.1 Å². The van der Waals surface area contributed by atoms with E-state index in [4.69, 9.17) is 4.74 Å².